The number of carbonyl (C=O) groups is 1. The maximum Gasteiger partial charge on any atom is 0.225 e. The van der Waals surface area contributed by atoms with Crippen molar-refractivity contribution in [1.82, 2.24) is 14.8 Å². The molecule has 0 atom stereocenters. The highest BCUT2D eigenvalue weighted by atomic mass is 35.5. The number of carbonyl (C=O) groups excluding carboxylic acids is 1. The normalized spacial score (nSPS) is 10.4. The van der Waals surface area contributed by atoms with Crippen LogP contribution < -0.4 is 5.32 Å². The molecule has 1 amide bonds. The zero-order valence-electron chi connectivity index (χ0n) is 14.8. The van der Waals surface area contributed by atoms with E-state index >= 15 is 0 Å². The van der Waals surface area contributed by atoms with E-state index in [1.807, 2.05) is 16.7 Å². The average Bonchev–Trinajstić information content (AvgIpc) is 3.32. The molecule has 0 bridgehead atoms. The quantitative estimate of drug-likeness (QED) is 0.435. The lowest BCUT2D eigenvalue weighted by Gasteiger charge is -2.07. The van der Waals surface area contributed by atoms with Crippen LogP contribution in [-0.2, 0) is 11.3 Å². The number of nitriles is 1. The Kier molecular flexibility index (Phi) is 6.53. The third-order valence-electron chi connectivity index (χ3n) is 3.70. The zero-order chi connectivity index (χ0) is 19.9. The molecule has 1 N–H and O–H groups in total. The van der Waals surface area contributed by atoms with Crippen LogP contribution in [0.4, 0.5) is 5.69 Å². The van der Waals surface area contributed by atoms with Gasteiger partial charge >= 0.3 is 0 Å². The molecule has 142 valence electrons. The van der Waals surface area contributed by atoms with Crippen LogP contribution in [0.1, 0.15) is 12.0 Å². The number of rotatable bonds is 8. The molecule has 0 saturated heterocycles. The van der Waals surface area contributed by atoms with Gasteiger partial charge in [-0.15, -0.1) is 16.8 Å². The summed E-state index contributed by atoms with van der Waals surface area (Å²) in [5, 5.41) is 21.0. The Morgan fingerprint density at radius 1 is 1.43 bits per heavy atom. The van der Waals surface area contributed by atoms with Crippen LogP contribution in [0, 0.1) is 11.3 Å². The molecular weight excluding hydrogens is 398 g/mol. The fraction of sp³-hybridized carbons (Fsp3) is 0.158. The van der Waals surface area contributed by atoms with Crippen molar-refractivity contribution >= 4 is 35.0 Å². The number of allylic oxidation sites excluding steroid dienone is 1. The molecule has 0 aliphatic carbocycles. The van der Waals surface area contributed by atoms with Gasteiger partial charge < -0.3 is 9.73 Å². The van der Waals surface area contributed by atoms with Crippen molar-refractivity contribution in [3.63, 3.8) is 0 Å². The molecule has 0 unspecified atom stereocenters. The molecule has 7 nitrogen and oxygen atoms in total. The predicted molar refractivity (Wildman–Crippen MR) is 108 cm³/mol. The lowest BCUT2D eigenvalue weighted by atomic mass is 10.2. The topological polar surface area (TPSA) is 96.7 Å². The first-order valence-corrected chi connectivity index (χ1v) is 9.69. The van der Waals surface area contributed by atoms with Crippen LogP contribution in [0.25, 0.3) is 11.6 Å². The number of nitrogens with one attached hydrogen (secondary N) is 1. The van der Waals surface area contributed by atoms with Gasteiger partial charge in [0.25, 0.3) is 0 Å². The van der Waals surface area contributed by atoms with Crippen molar-refractivity contribution < 1.29 is 9.21 Å². The molecule has 3 rings (SSSR count). The number of thioether (sulfide) groups is 1. The Labute approximate surface area is 171 Å². The Hall–Kier alpha value is -3.02. The maximum atomic E-state index is 12.2. The average molecular weight is 414 g/mol. The van der Waals surface area contributed by atoms with Gasteiger partial charge in [0.05, 0.1) is 16.8 Å². The minimum Gasteiger partial charge on any atom is -0.461 e. The molecule has 9 heteroatoms. The number of anilines is 1. The highest BCUT2D eigenvalue weighted by molar-refractivity contribution is 7.99. The largest absolute Gasteiger partial charge is 0.461 e. The van der Waals surface area contributed by atoms with E-state index in [2.05, 4.69) is 22.1 Å². The lowest BCUT2D eigenvalue weighted by Crippen LogP contribution is -2.12. The lowest BCUT2D eigenvalue weighted by molar-refractivity contribution is -0.115. The number of halogens is 1. The number of amides is 1. The number of hydrogen-bond donors (Lipinski definition) is 1. The highest BCUT2D eigenvalue weighted by Gasteiger charge is 2.16. The molecule has 0 radical (unpaired) electrons. The van der Waals surface area contributed by atoms with E-state index in [9.17, 15) is 4.79 Å². The van der Waals surface area contributed by atoms with E-state index in [1.54, 1.807) is 36.6 Å². The molecule has 0 fully saturated rings. The predicted octanol–water partition coefficient (Wildman–Crippen LogP) is 4.37. The summed E-state index contributed by atoms with van der Waals surface area (Å²) in [6.07, 6.45) is 3.61. The van der Waals surface area contributed by atoms with Gasteiger partial charge in [0.1, 0.15) is 6.07 Å². The SMILES string of the molecule is C=CCn1c(SCCC(=O)Nc2ccc(C#N)c(Cl)c2)nnc1-c1ccco1. The third-order valence-corrected chi connectivity index (χ3v) is 4.98. The fourth-order valence-electron chi connectivity index (χ4n) is 2.42. The van der Waals surface area contributed by atoms with Gasteiger partial charge in [-0.3, -0.25) is 9.36 Å². The number of hydrogen-bond acceptors (Lipinski definition) is 6. The molecular formula is C19H16ClN5O2S. The second-order valence-corrected chi connectivity index (χ2v) is 7.11. The van der Waals surface area contributed by atoms with Crippen molar-refractivity contribution in [3.05, 3.63) is 59.8 Å². The summed E-state index contributed by atoms with van der Waals surface area (Å²) in [7, 11) is 0. The van der Waals surface area contributed by atoms with Crippen molar-refractivity contribution in [3.8, 4) is 17.7 Å². The zero-order valence-corrected chi connectivity index (χ0v) is 16.3. The van der Waals surface area contributed by atoms with Crippen LogP contribution in [0.3, 0.4) is 0 Å². The first-order valence-electron chi connectivity index (χ1n) is 8.32. The van der Waals surface area contributed by atoms with Crippen LogP contribution >= 0.6 is 23.4 Å². The standard InChI is InChI=1S/C19H16ClN5O2S/c1-2-8-25-18(16-4-3-9-27-16)23-24-19(25)28-10-7-17(26)22-14-6-5-13(12-21)15(20)11-14/h2-6,9,11H,1,7-8,10H2,(H,22,26). The summed E-state index contributed by atoms with van der Waals surface area (Å²) in [5.41, 5.74) is 0.915. The van der Waals surface area contributed by atoms with Gasteiger partial charge in [0.15, 0.2) is 10.9 Å². The van der Waals surface area contributed by atoms with Crippen LogP contribution in [-0.4, -0.2) is 26.4 Å². The first kappa shape index (κ1) is 19.7. The molecule has 2 aromatic heterocycles. The van der Waals surface area contributed by atoms with Gasteiger partial charge in [-0.2, -0.15) is 5.26 Å². The van der Waals surface area contributed by atoms with Gasteiger partial charge in [-0.1, -0.05) is 29.4 Å². The monoisotopic (exact) mass is 413 g/mol. The number of aromatic nitrogens is 3. The summed E-state index contributed by atoms with van der Waals surface area (Å²) in [6.45, 7) is 4.29. The van der Waals surface area contributed by atoms with Gasteiger partial charge in [-0.25, -0.2) is 0 Å². The van der Waals surface area contributed by atoms with E-state index in [4.69, 9.17) is 21.3 Å². The van der Waals surface area contributed by atoms with Crippen molar-refractivity contribution in [2.75, 3.05) is 11.1 Å². The summed E-state index contributed by atoms with van der Waals surface area (Å²) < 4.78 is 7.28. The van der Waals surface area contributed by atoms with Gasteiger partial charge in [0, 0.05) is 24.4 Å². The minimum atomic E-state index is -0.158. The molecule has 28 heavy (non-hydrogen) atoms. The molecule has 0 spiro atoms. The highest BCUT2D eigenvalue weighted by Crippen LogP contribution is 2.25. The number of benzene rings is 1. The molecule has 0 aliphatic heterocycles. The fourth-order valence-corrected chi connectivity index (χ4v) is 3.53. The molecule has 0 aliphatic rings. The van der Waals surface area contributed by atoms with Crippen molar-refractivity contribution in [2.24, 2.45) is 0 Å². The Bertz CT molecular complexity index is 1020. The van der Waals surface area contributed by atoms with E-state index in [0.29, 0.717) is 45.3 Å². The Morgan fingerprint density at radius 2 is 2.29 bits per heavy atom. The van der Waals surface area contributed by atoms with E-state index in [-0.39, 0.29) is 12.3 Å². The minimum absolute atomic E-state index is 0.158. The van der Waals surface area contributed by atoms with Crippen LogP contribution in [0.5, 0.6) is 0 Å². The van der Waals surface area contributed by atoms with Gasteiger partial charge in [0.2, 0.25) is 11.7 Å². The molecule has 3 aromatic rings. The summed E-state index contributed by atoms with van der Waals surface area (Å²) in [4.78, 5) is 12.2. The van der Waals surface area contributed by atoms with E-state index in [0.717, 1.165) is 0 Å². The summed E-state index contributed by atoms with van der Waals surface area (Å²) in [5.74, 6) is 1.60. The third kappa shape index (κ3) is 4.63. The Balaban J connectivity index is 1.59. The van der Waals surface area contributed by atoms with Crippen molar-refractivity contribution in [1.29, 1.82) is 5.26 Å². The molecule has 2 heterocycles. The van der Waals surface area contributed by atoms with E-state index in [1.165, 1.54) is 11.8 Å². The van der Waals surface area contributed by atoms with Gasteiger partial charge in [-0.05, 0) is 30.3 Å². The van der Waals surface area contributed by atoms with Crippen LogP contribution in [0.2, 0.25) is 5.02 Å². The second-order valence-electron chi connectivity index (χ2n) is 5.64. The first-order chi connectivity index (χ1) is 13.6. The van der Waals surface area contributed by atoms with Crippen LogP contribution in [0.15, 0.2) is 58.8 Å². The number of nitrogens with zero attached hydrogens (tertiary/aromatic N) is 4. The Morgan fingerprint density at radius 3 is 2.96 bits per heavy atom. The number of furan rings is 1. The molecule has 1 aromatic carbocycles. The summed E-state index contributed by atoms with van der Waals surface area (Å²) in [6, 6.07) is 10.4. The summed E-state index contributed by atoms with van der Waals surface area (Å²) >= 11 is 7.40. The second kappa shape index (κ2) is 9.26. The van der Waals surface area contributed by atoms with Crippen molar-refractivity contribution in [2.45, 2.75) is 18.1 Å². The maximum absolute atomic E-state index is 12.2. The van der Waals surface area contributed by atoms with E-state index < -0.39 is 0 Å². The smallest absolute Gasteiger partial charge is 0.225 e. The molecule has 0 saturated carbocycles.